The Morgan fingerprint density at radius 3 is 2.93 bits per heavy atom. The Morgan fingerprint density at radius 2 is 2.19 bits per heavy atom. The van der Waals surface area contributed by atoms with E-state index in [9.17, 15) is 8.78 Å². The summed E-state index contributed by atoms with van der Waals surface area (Å²) in [5.41, 5.74) is 0.357. The van der Waals surface area contributed by atoms with Crippen LogP contribution in [0.15, 0.2) is 23.2 Å². The van der Waals surface area contributed by atoms with Crippen molar-refractivity contribution in [3.8, 4) is 0 Å². The molecule has 5 nitrogen and oxygen atoms in total. The van der Waals surface area contributed by atoms with Crippen molar-refractivity contribution in [2.24, 2.45) is 4.99 Å². The number of rotatable bonds is 10. The molecule has 2 N–H and O–H groups in total. The number of hydrogen-bond donors (Lipinski definition) is 2. The molecule has 1 aliphatic heterocycles. The average Bonchev–Trinajstić information content (AvgIpc) is 3.14. The first kappa shape index (κ1) is 24.0. The SMILES string of the molecule is CCNC(=NCCCOCC1CCCO1)NCCc1cc(F)ccc1F.I. The first-order chi connectivity index (χ1) is 12.7. The second kappa shape index (κ2) is 14.1. The Kier molecular flexibility index (Phi) is 12.5. The minimum atomic E-state index is -0.426. The third-order valence-electron chi connectivity index (χ3n) is 4.08. The highest BCUT2D eigenvalue weighted by Crippen LogP contribution is 2.12. The van der Waals surface area contributed by atoms with Crippen molar-refractivity contribution in [1.82, 2.24) is 10.6 Å². The maximum atomic E-state index is 13.6. The molecule has 1 aromatic rings. The quantitative estimate of drug-likeness (QED) is 0.226. The Balaban J connectivity index is 0.00000364. The normalized spacial score (nSPS) is 16.9. The van der Waals surface area contributed by atoms with Gasteiger partial charge >= 0.3 is 0 Å². The number of hydrogen-bond acceptors (Lipinski definition) is 3. The summed E-state index contributed by atoms with van der Waals surface area (Å²) in [6.45, 7) is 5.97. The number of halogens is 3. The highest BCUT2D eigenvalue weighted by molar-refractivity contribution is 14.0. The number of ether oxygens (including phenoxy) is 2. The van der Waals surface area contributed by atoms with Crippen LogP contribution in [-0.2, 0) is 15.9 Å². The molecule has 154 valence electrons. The van der Waals surface area contributed by atoms with Gasteiger partial charge in [0.15, 0.2) is 5.96 Å². The van der Waals surface area contributed by atoms with Gasteiger partial charge in [-0.15, -0.1) is 24.0 Å². The van der Waals surface area contributed by atoms with Crippen LogP contribution >= 0.6 is 24.0 Å². The highest BCUT2D eigenvalue weighted by Gasteiger charge is 2.14. The molecular formula is C19H30F2IN3O2. The van der Waals surface area contributed by atoms with Gasteiger partial charge in [-0.05, 0) is 56.4 Å². The lowest BCUT2D eigenvalue weighted by Crippen LogP contribution is -2.38. The van der Waals surface area contributed by atoms with E-state index in [1.807, 2.05) is 6.92 Å². The summed E-state index contributed by atoms with van der Waals surface area (Å²) in [4.78, 5) is 4.47. The number of benzene rings is 1. The van der Waals surface area contributed by atoms with Gasteiger partial charge in [0.1, 0.15) is 11.6 Å². The summed E-state index contributed by atoms with van der Waals surface area (Å²) < 4.78 is 37.9. The van der Waals surface area contributed by atoms with E-state index in [0.29, 0.717) is 44.2 Å². The van der Waals surface area contributed by atoms with Crippen molar-refractivity contribution in [3.63, 3.8) is 0 Å². The van der Waals surface area contributed by atoms with Crippen LogP contribution in [0.1, 0.15) is 31.7 Å². The summed E-state index contributed by atoms with van der Waals surface area (Å²) in [5.74, 6) is -0.146. The maximum Gasteiger partial charge on any atom is 0.191 e. The van der Waals surface area contributed by atoms with Crippen molar-refractivity contribution in [1.29, 1.82) is 0 Å². The highest BCUT2D eigenvalue weighted by atomic mass is 127. The Hall–Kier alpha value is -1.00. The molecule has 1 aromatic carbocycles. The van der Waals surface area contributed by atoms with Crippen molar-refractivity contribution < 1.29 is 18.3 Å². The van der Waals surface area contributed by atoms with Gasteiger partial charge in [0.2, 0.25) is 0 Å². The largest absolute Gasteiger partial charge is 0.379 e. The Morgan fingerprint density at radius 1 is 1.33 bits per heavy atom. The van der Waals surface area contributed by atoms with Crippen LogP contribution < -0.4 is 10.6 Å². The van der Waals surface area contributed by atoms with Crippen LogP contribution in [0.2, 0.25) is 0 Å². The zero-order chi connectivity index (χ0) is 18.6. The summed E-state index contributed by atoms with van der Waals surface area (Å²) in [5, 5.41) is 6.28. The van der Waals surface area contributed by atoms with E-state index >= 15 is 0 Å². The van der Waals surface area contributed by atoms with Gasteiger partial charge in [0, 0.05) is 32.8 Å². The van der Waals surface area contributed by atoms with Crippen LogP contribution in [0, 0.1) is 11.6 Å². The second-order valence-corrected chi connectivity index (χ2v) is 6.24. The van der Waals surface area contributed by atoms with E-state index in [0.717, 1.165) is 44.5 Å². The topological polar surface area (TPSA) is 54.9 Å². The molecule has 0 radical (unpaired) electrons. The Bertz CT molecular complexity index is 570. The van der Waals surface area contributed by atoms with E-state index in [2.05, 4.69) is 15.6 Å². The van der Waals surface area contributed by atoms with Crippen LogP contribution in [0.25, 0.3) is 0 Å². The predicted octanol–water partition coefficient (Wildman–Crippen LogP) is 3.27. The molecule has 0 amide bonds. The Labute approximate surface area is 177 Å². The van der Waals surface area contributed by atoms with E-state index < -0.39 is 11.6 Å². The fourth-order valence-corrected chi connectivity index (χ4v) is 2.74. The van der Waals surface area contributed by atoms with Gasteiger partial charge in [-0.3, -0.25) is 4.99 Å². The lowest BCUT2D eigenvalue weighted by Gasteiger charge is -2.12. The molecule has 1 aliphatic rings. The third-order valence-corrected chi connectivity index (χ3v) is 4.08. The number of nitrogens with zero attached hydrogens (tertiary/aromatic N) is 1. The standard InChI is InChI=1S/C19H29F2N3O2.HI/c1-2-22-19(23-9-4-11-25-14-17-5-3-12-26-17)24-10-8-15-13-16(20)6-7-18(15)21;/h6-7,13,17H,2-5,8-12,14H2,1H3,(H2,22,23,24);1H. The number of aliphatic imine (C=N–C) groups is 1. The van der Waals surface area contributed by atoms with E-state index in [1.54, 1.807) is 0 Å². The molecule has 0 spiro atoms. The summed E-state index contributed by atoms with van der Waals surface area (Å²) >= 11 is 0. The first-order valence-corrected chi connectivity index (χ1v) is 9.34. The van der Waals surface area contributed by atoms with Crippen molar-refractivity contribution in [2.75, 3.05) is 39.5 Å². The summed E-state index contributed by atoms with van der Waals surface area (Å²) in [7, 11) is 0. The lowest BCUT2D eigenvalue weighted by molar-refractivity contribution is 0.0171. The molecular weight excluding hydrogens is 467 g/mol. The number of guanidine groups is 1. The smallest absolute Gasteiger partial charge is 0.191 e. The second-order valence-electron chi connectivity index (χ2n) is 6.24. The first-order valence-electron chi connectivity index (χ1n) is 9.34. The molecule has 27 heavy (non-hydrogen) atoms. The molecule has 0 aliphatic carbocycles. The van der Waals surface area contributed by atoms with Gasteiger partial charge in [-0.2, -0.15) is 0 Å². The van der Waals surface area contributed by atoms with Crippen LogP contribution in [-0.4, -0.2) is 51.5 Å². The minimum Gasteiger partial charge on any atom is -0.379 e. The number of nitrogens with one attached hydrogen (secondary N) is 2. The van der Waals surface area contributed by atoms with E-state index in [4.69, 9.17) is 9.47 Å². The average molecular weight is 497 g/mol. The molecule has 0 aromatic heterocycles. The van der Waals surface area contributed by atoms with Gasteiger partial charge in [0.25, 0.3) is 0 Å². The zero-order valence-corrected chi connectivity index (χ0v) is 18.1. The van der Waals surface area contributed by atoms with Gasteiger partial charge in [0.05, 0.1) is 12.7 Å². The lowest BCUT2D eigenvalue weighted by atomic mass is 10.1. The monoisotopic (exact) mass is 497 g/mol. The molecule has 8 heteroatoms. The van der Waals surface area contributed by atoms with Gasteiger partial charge < -0.3 is 20.1 Å². The van der Waals surface area contributed by atoms with E-state index in [1.165, 1.54) is 6.07 Å². The maximum absolute atomic E-state index is 13.6. The molecule has 1 heterocycles. The van der Waals surface area contributed by atoms with Crippen molar-refractivity contribution >= 4 is 29.9 Å². The fourth-order valence-electron chi connectivity index (χ4n) is 2.74. The molecule has 0 saturated carbocycles. The predicted molar refractivity (Wildman–Crippen MR) is 114 cm³/mol. The fraction of sp³-hybridized carbons (Fsp3) is 0.632. The summed E-state index contributed by atoms with van der Waals surface area (Å²) in [6.07, 6.45) is 3.66. The minimum absolute atomic E-state index is 0. The van der Waals surface area contributed by atoms with Crippen LogP contribution in [0.4, 0.5) is 8.78 Å². The molecule has 1 unspecified atom stereocenters. The molecule has 0 bridgehead atoms. The third kappa shape index (κ3) is 9.66. The van der Waals surface area contributed by atoms with Crippen molar-refractivity contribution in [2.45, 2.75) is 38.7 Å². The van der Waals surface area contributed by atoms with Gasteiger partial charge in [-0.1, -0.05) is 0 Å². The molecule has 1 saturated heterocycles. The molecule has 1 fully saturated rings. The zero-order valence-electron chi connectivity index (χ0n) is 15.8. The van der Waals surface area contributed by atoms with Gasteiger partial charge in [-0.25, -0.2) is 8.78 Å². The molecule has 2 rings (SSSR count). The van der Waals surface area contributed by atoms with E-state index in [-0.39, 0.29) is 30.1 Å². The van der Waals surface area contributed by atoms with Crippen molar-refractivity contribution in [3.05, 3.63) is 35.4 Å². The van der Waals surface area contributed by atoms with Crippen LogP contribution in [0.3, 0.4) is 0 Å². The van der Waals surface area contributed by atoms with Crippen LogP contribution in [0.5, 0.6) is 0 Å². The molecule has 1 atom stereocenters. The summed E-state index contributed by atoms with van der Waals surface area (Å²) in [6, 6.07) is 3.51.